The molecule has 0 bridgehead atoms. The molecule has 5 rings (SSSR count). The number of rotatable bonds is 8. The standard InChI is InChI=1S/C29H45N5O2/c35-28(34-20-18-32(19-21-34)26-9-5-10-26)23-31-14-16-33(17-15-31)27-11-4-8-25(22-27)29(36)30-13-12-24-6-2-1-3-7-24/h4,8,11,22,24,26H,1-3,5-7,9-10,12-21,23H2,(H,30,36). The lowest BCUT2D eigenvalue weighted by Gasteiger charge is -2.43. The molecule has 1 aromatic carbocycles. The van der Waals surface area contributed by atoms with Crippen LogP contribution in [0.2, 0.25) is 0 Å². The van der Waals surface area contributed by atoms with Gasteiger partial charge in [-0.3, -0.25) is 19.4 Å². The second-order valence-electron chi connectivity index (χ2n) is 11.4. The van der Waals surface area contributed by atoms with Crippen molar-refractivity contribution in [3.05, 3.63) is 29.8 Å². The number of piperazine rings is 2. The predicted octanol–water partition coefficient (Wildman–Crippen LogP) is 3.21. The van der Waals surface area contributed by atoms with Crippen molar-refractivity contribution in [3.63, 3.8) is 0 Å². The first-order chi connectivity index (χ1) is 17.7. The van der Waals surface area contributed by atoms with Crippen LogP contribution in [0.15, 0.2) is 24.3 Å². The Morgan fingerprint density at radius 2 is 1.58 bits per heavy atom. The number of carbonyl (C=O) groups excluding carboxylic acids is 2. The molecule has 4 aliphatic rings. The van der Waals surface area contributed by atoms with Crippen LogP contribution in [0, 0.1) is 5.92 Å². The lowest BCUT2D eigenvalue weighted by molar-refractivity contribution is -0.134. The van der Waals surface area contributed by atoms with Gasteiger partial charge in [-0.05, 0) is 43.4 Å². The minimum Gasteiger partial charge on any atom is -0.369 e. The Balaban J connectivity index is 1.03. The van der Waals surface area contributed by atoms with Crippen molar-refractivity contribution in [2.45, 2.75) is 63.8 Å². The molecule has 0 radical (unpaired) electrons. The molecule has 4 fully saturated rings. The Bertz CT molecular complexity index is 866. The van der Waals surface area contributed by atoms with Crippen LogP contribution in [0.5, 0.6) is 0 Å². The summed E-state index contributed by atoms with van der Waals surface area (Å²) in [6.07, 6.45) is 11.9. The molecular formula is C29H45N5O2. The van der Waals surface area contributed by atoms with Crippen molar-refractivity contribution in [3.8, 4) is 0 Å². The van der Waals surface area contributed by atoms with Crippen LogP contribution >= 0.6 is 0 Å². The van der Waals surface area contributed by atoms with Gasteiger partial charge in [0.2, 0.25) is 5.91 Å². The quantitative estimate of drug-likeness (QED) is 0.600. The summed E-state index contributed by atoms with van der Waals surface area (Å²) in [5.74, 6) is 1.10. The predicted molar refractivity (Wildman–Crippen MR) is 144 cm³/mol. The highest BCUT2D eigenvalue weighted by molar-refractivity contribution is 5.95. The molecule has 1 N–H and O–H groups in total. The number of hydrogen-bond donors (Lipinski definition) is 1. The third-order valence-electron chi connectivity index (χ3n) is 9.03. The van der Waals surface area contributed by atoms with Crippen LogP contribution in [0.25, 0.3) is 0 Å². The summed E-state index contributed by atoms with van der Waals surface area (Å²) >= 11 is 0. The molecule has 2 saturated heterocycles. The Morgan fingerprint density at radius 3 is 2.28 bits per heavy atom. The normalized spacial score (nSPS) is 22.9. The van der Waals surface area contributed by atoms with E-state index in [1.165, 1.54) is 51.4 Å². The zero-order valence-corrected chi connectivity index (χ0v) is 22.0. The minimum absolute atomic E-state index is 0.0364. The third kappa shape index (κ3) is 6.60. The molecule has 0 unspecified atom stereocenters. The molecular weight excluding hydrogens is 450 g/mol. The van der Waals surface area contributed by atoms with Gasteiger partial charge in [0.15, 0.2) is 0 Å². The fourth-order valence-electron chi connectivity index (χ4n) is 6.36. The maximum atomic E-state index is 12.9. The topological polar surface area (TPSA) is 59.1 Å². The molecule has 2 heterocycles. The molecule has 1 aromatic rings. The van der Waals surface area contributed by atoms with Gasteiger partial charge in [-0.1, -0.05) is 44.6 Å². The summed E-state index contributed by atoms with van der Waals surface area (Å²) in [6, 6.07) is 8.81. The Hall–Kier alpha value is -2.12. The number of anilines is 1. The fraction of sp³-hybridized carbons (Fsp3) is 0.724. The van der Waals surface area contributed by atoms with E-state index in [9.17, 15) is 9.59 Å². The second kappa shape index (κ2) is 12.4. The highest BCUT2D eigenvalue weighted by atomic mass is 16.2. The lowest BCUT2D eigenvalue weighted by Crippen LogP contribution is -2.56. The first-order valence-corrected chi connectivity index (χ1v) is 14.5. The van der Waals surface area contributed by atoms with Crippen LogP contribution in [-0.4, -0.2) is 98.0 Å². The van der Waals surface area contributed by atoms with Crippen LogP contribution in [0.3, 0.4) is 0 Å². The van der Waals surface area contributed by atoms with E-state index in [1.807, 2.05) is 18.2 Å². The third-order valence-corrected chi connectivity index (χ3v) is 9.03. The number of amides is 2. The molecule has 36 heavy (non-hydrogen) atoms. The first-order valence-electron chi connectivity index (χ1n) is 14.5. The number of carbonyl (C=O) groups is 2. The summed E-state index contributed by atoms with van der Waals surface area (Å²) in [5.41, 5.74) is 1.85. The summed E-state index contributed by atoms with van der Waals surface area (Å²) in [6.45, 7) is 8.66. The molecule has 7 nitrogen and oxygen atoms in total. The molecule has 2 amide bonds. The van der Waals surface area contributed by atoms with E-state index in [0.29, 0.717) is 6.54 Å². The van der Waals surface area contributed by atoms with Gasteiger partial charge in [0, 0.05) is 76.2 Å². The lowest BCUT2D eigenvalue weighted by atomic mass is 9.87. The molecule has 0 aromatic heterocycles. The van der Waals surface area contributed by atoms with Gasteiger partial charge in [-0.2, -0.15) is 0 Å². The minimum atomic E-state index is 0.0364. The van der Waals surface area contributed by atoms with Crippen LogP contribution < -0.4 is 10.2 Å². The van der Waals surface area contributed by atoms with Crippen molar-refractivity contribution in [2.75, 3.05) is 70.3 Å². The van der Waals surface area contributed by atoms with Crippen molar-refractivity contribution < 1.29 is 9.59 Å². The fourth-order valence-corrected chi connectivity index (χ4v) is 6.36. The summed E-state index contributed by atoms with van der Waals surface area (Å²) in [5, 5.41) is 3.14. The van der Waals surface area contributed by atoms with Gasteiger partial charge in [-0.15, -0.1) is 0 Å². The van der Waals surface area contributed by atoms with Crippen molar-refractivity contribution >= 4 is 17.5 Å². The Morgan fingerprint density at radius 1 is 0.833 bits per heavy atom. The summed E-state index contributed by atoms with van der Waals surface area (Å²) < 4.78 is 0. The number of hydrogen-bond acceptors (Lipinski definition) is 5. The molecule has 2 aliphatic carbocycles. The van der Waals surface area contributed by atoms with Crippen LogP contribution in [0.1, 0.15) is 68.1 Å². The molecule has 7 heteroatoms. The highest BCUT2D eigenvalue weighted by Gasteiger charge is 2.30. The van der Waals surface area contributed by atoms with Crippen LogP contribution in [-0.2, 0) is 4.79 Å². The van der Waals surface area contributed by atoms with E-state index in [1.54, 1.807) is 0 Å². The van der Waals surface area contributed by atoms with Crippen molar-refractivity contribution in [1.29, 1.82) is 0 Å². The molecule has 198 valence electrons. The largest absolute Gasteiger partial charge is 0.369 e. The number of benzene rings is 1. The maximum Gasteiger partial charge on any atom is 0.251 e. The Kier molecular flexibility index (Phi) is 8.80. The van der Waals surface area contributed by atoms with Gasteiger partial charge in [0.05, 0.1) is 6.54 Å². The maximum absolute atomic E-state index is 12.9. The van der Waals surface area contributed by atoms with E-state index < -0.39 is 0 Å². The first kappa shape index (κ1) is 25.5. The van der Waals surface area contributed by atoms with E-state index in [-0.39, 0.29) is 11.8 Å². The summed E-state index contributed by atoms with van der Waals surface area (Å²) in [4.78, 5) is 34.9. The van der Waals surface area contributed by atoms with Gasteiger partial charge in [0.25, 0.3) is 5.91 Å². The Labute approximate surface area is 217 Å². The average Bonchev–Trinajstić information content (AvgIpc) is 2.89. The van der Waals surface area contributed by atoms with Crippen LogP contribution in [0.4, 0.5) is 5.69 Å². The highest BCUT2D eigenvalue weighted by Crippen LogP contribution is 2.26. The summed E-state index contributed by atoms with van der Waals surface area (Å²) in [7, 11) is 0. The molecule has 2 aliphatic heterocycles. The van der Waals surface area contributed by atoms with Crippen molar-refractivity contribution in [1.82, 2.24) is 20.0 Å². The van der Waals surface area contributed by atoms with Gasteiger partial charge < -0.3 is 15.1 Å². The second-order valence-corrected chi connectivity index (χ2v) is 11.4. The van der Waals surface area contributed by atoms with Gasteiger partial charge >= 0.3 is 0 Å². The number of nitrogens with one attached hydrogen (secondary N) is 1. The van der Waals surface area contributed by atoms with E-state index in [4.69, 9.17) is 0 Å². The SMILES string of the molecule is O=C(NCCC1CCCCC1)c1cccc(N2CCN(CC(=O)N3CCN(C4CCC4)CC3)CC2)c1. The number of nitrogens with zero attached hydrogens (tertiary/aromatic N) is 4. The van der Waals surface area contributed by atoms with E-state index in [0.717, 1.165) is 88.5 Å². The van der Waals surface area contributed by atoms with E-state index >= 15 is 0 Å². The smallest absolute Gasteiger partial charge is 0.251 e. The monoisotopic (exact) mass is 495 g/mol. The van der Waals surface area contributed by atoms with Gasteiger partial charge in [-0.25, -0.2) is 0 Å². The molecule has 0 spiro atoms. The van der Waals surface area contributed by atoms with E-state index in [2.05, 4.69) is 31.0 Å². The zero-order chi connectivity index (χ0) is 24.7. The zero-order valence-electron chi connectivity index (χ0n) is 22.0. The van der Waals surface area contributed by atoms with Gasteiger partial charge in [0.1, 0.15) is 0 Å². The molecule has 2 saturated carbocycles. The molecule has 0 atom stereocenters. The average molecular weight is 496 g/mol. The van der Waals surface area contributed by atoms with Crippen molar-refractivity contribution in [2.24, 2.45) is 5.92 Å².